The molecule has 2 nitrogen and oxygen atoms in total. The Kier molecular flexibility index (Phi) is 3.74. The van der Waals surface area contributed by atoms with E-state index in [2.05, 4.69) is 13.8 Å². The van der Waals surface area contributed by atoms with E-state index < -0.39 is 0 Å². The van der Waals surface area contributed by atoms with Gasteiger partial charge < -0.3 is 10.2 Å². The van der Waals surface area contributed by atoms with E-state index in [1.54, 1.807) is 17.8 Å². The minimum Gasteiger partial charge on any atom is -0.459 e. The number of nitrogens with two attached hydrogens (primary N) is 1. The van der Waals surface area contributed by atoms with Crippen LogP contribution < -0.4 is 5.73 Å². The monoisotopic (exact) mass is 253 g/mol. The first kappa shape index (κ1) is 12.5. The second-order valence-corrected chi connectivity index (χ2v) is 5.93. The summed E-state index contributed by atoms with van der Waals surface area (Å²) in [6.07, 6.45) is 0. The van der Waals surface area contributed by atoms with Crippen molar-refractivity contribution in [2.75, 3.05) is 5.75 Å². The number of halogens is 1. The number of hydrogen-bond donors (Lipinski definition) is 1. The number of benzene rings is 1. The van der Waals surface area contributed by atoms with Crippen LogP contribution in [0, 0.1) is 5.82 Å². The summed E-state index contributed by atoms with van der Waals surface area (Å²) in [6, 6.07) is 6.17. The van der Waals surface area contributed by atoms with E-state index in [9.17, 15) is 4.39 Å². The molecule has 2 aromatic rings. The van der Waals surface area contributed by atoms with Crippen LogP contribution in [0.2, 0.25) is 0 Å². The highest BCUT2D eigenvalue weighted by atomic mass is 32.2. The predicted octanol–water partition coefficient (Wildman–Crippen LogP) is 3.71. The SMILES string of the molecule is CC(C)SCC(N)c1cc2cc(F)ccc2o1. The highest BCUT2D eigenvalue weighted by Crippen LogP contribution is 2.26. The lowest BCUT2D eigenvalue weighted by atomic mass is 10.2. The lowest BCUT2D eigenvalue weighted by Gasteiger charge is -2.09. The predicted molar refractivity (Wildman–Crippen MR) is 70.7 cm³/mol. The molecule has 1 unspecified atom stereocenters. The second kappa shape index (κ2) is 5.10. The molecule has 0 fully saturated rings. The summed E-state index contributed by atoms with van der Waals surface area (Å²) in [6.45, 7) is 4.26. The summed E-state index contributed by atoms with van der Waals surface area (Å²) in [5, 5.41) is 1.31. The molecule has 17 heavy (non-hydrogen) atoms. The van der Waals surface area contributed by atoms with Gasteiger partial charge in [0.05, 0.1) is 6.04 Å². The molecule has 0 amide bonds. The van der Waals surface area contributed by atoms with E-state index in [1.165, 1.54) is 12.1 Å². The maximum absolute atomic E-state index is 13.0. The van der Waals surface area contributed by atoms with Gasteiger partial charge in [0, 0.05) is 11.1 Å². The van der Waals surface area contributed by atoms with Crippen molar-refractivity contribution in [1.29, 1.82) is 0 Å². The van der Waals surface area contributed by atoms with Crippen molar-refractivity contribution >= 4 is 22.7 Å². The maximum atomic E-state index is 13.0. The maximum Gasteiger partial charge on any atom is 0.134 e. The summed E-state index contributed by atoms with van der Waals surface area (Å²) in [4.78, 5) is 0. The van der Waals surface area contributed by atoms with Crippen molar-refractivity contribution < 1.29 is 8.81 Å². The first-order valence-electron chi connectivity index (χ1n) is 5.62. The highest BCUT2D eigenvalue weighted by molar-refractivity contribution is 7.99. The van der Waals surface area contributed by atoms with E-state index in [-0.39, 0.29) is 11.9 Å². The fraction of sp³-hybridized carbons (Fsp3) is 0.385. The molecular formula is C13H16FNOS. The van der Waals surface area contributed by atoms with Gasteiger partial charge in [-0.25, -0.2) is 4.39 Å². The zero-order valence-corrected chi connectivity index (χ0v) is 10.8. The topological polar surface area (TPSA) is 39.2 Å². The first-order valence-corrected chi connectivity index (χ1v) is 6.67. The van der Waals surface area contributed by atoms with Crippen LogP contribution in [0.5, 0.6) is 0 Å². The number of fused-ring (bicyclic) bond motifs is 1. The van der Waals surface area contributed by atoms with Gasteiger partial charge in [0.2, 0.25) is 0 Å². The summed E-state index contributed by atoms with van der Waals surface area (Å²) in [5.74, 6) is 1.27. The van der Waals surface area contributed by atoms with Crippen molar-refractivity contribution in [3.05, 3.63) is 35.8 Å². The molecule has 2 N–H and O–H groups in total. The average Bonchev–Trinajstić information content (AvgIpc) is 2.68. The van der Waals surface area contributed by atoms with Crippen LogP contribution in [0.4, 0.5) is 4.39 Å². The van der Waals surface area contributed by atoms with Gasteiger partial charge in [-0.05, 0) is 29.5 Å². The normalized spacial score (nSPS) is 13.5. The Morgan fingerprint density at radius 2 is 2.12 bits per heavy atom. The molecular weight excluding hydrogens is 237 g/mol. The summed E-state index contributed by atoms with van der Waals surface area (Å²) < 4.78 is 18.6. The Bertz CT molecular complexity index is 509. The molecule has 0 aliphatic rings. The summed E-state index contributed by atoms with van der Waals surface area (Å²) >= 11 is 1.79. The van der Waals surface area contributed by atoms with Gasteiger partial charge in [0.1, 0.15) is 17.2 Å². The Balaban J connectivity index is 2.18. The highest BCUT2D eigenvalue weighted by Gasteiger charge is 2.13. The molecule has 1 aromatic carbocycles. The second-order valence-electron chi connectivity index (χ2n) is 4.32. The molecule has 1 atom stereocenters. The van der Waals surface area contributed by atoms with Crippen LogP contribution in [0.1, 0.15) is 25.6 Å². The van der Waals surface area contributed by atoms with Gasteiger partial charge in [-0.1, -0.05) is 13.8 Å². The van der Waals surface area contributed by atoms with E-state index in [4.69, 9.17) is 10.2 Å². The molecule has 0 spiro atoms. The summed E-state index contributed by atoms with van der Waals surface area (Å²) in [7, 11) is 0. The van der Waals surface area contributed by atoms with Crippen molar-refractivity contribution in [3.8, 4) is 0 Å². The molecule has 1 aromatic heterocycles. The average molecular weight is 253 g/mol. The standard InChI is InChI=1S/C13H16FNOS/c1-8(2)17-7-11(15)13-6-9-5-10(14)3-4-12(9)16-13/h3-6,8,11H,7,15H2,1-2H3. The fourth-order valence-corrected chi connectivity index (χ4v) is 2.35. The van der Waals surface area contributed by atoms with Gasteiger partial charge in [0.15, 0.2) is 0 Å². The zero-order chi connectivity index (χ0) is 12.4. The van der Waals surface area contributed by atoms with Crippen molar-refractivity contribution in [2.24, 2.45) is 5.73 Å². The van der Waals surface area contributed by atoms with Gasteiger partial charge in [-0.2, -0.15) is 11.8 Å². The molecule has 0 saturated carbocycles. The van der Waals surface area contributed by atoms with E-state index >= 15 is 0 Å². The van der Waals surface area contributed by atoms with Gasteiger partial charge in [-0.3, -0.25) is 0 Å². The third-order valence-electron chi connectivity index (χ3n) is 2.47. The van der Waals surface area contributed by atoms with Crippen molar-refractivity contribution in [1.82, 2.24) is 0 Å². The van der Waals surface area contributed by atoms with Crippen LogP contribution in [0.15, 0.2) is 28.7 Å². The van der Waals surface area contributed by atoms with Crippen LogP contribution in [0.3, 0.4) is 0 Å². The van der Waals surface area contributed by atoms with Gasteiger partial charge >= 0.3 is 0 Å². The quantitative estimate of drug-likeness (QED) is 0.902. The smallest absolute Gasteiger partial charge is 0.134 e. The van der Waals surface area contributed by atoms with Crippen LogP contribution >= 0.6 is 11.8 Å². The Hall–Kier alpha value is -1.00. The van der Waals surface area contributed by atoms with E-state index in [1.807, 2.05) is 6.07 Å². The molecule has 0 bridgehead atoms. The minimum atomic E-state index is -0.255. The lowest BCUT2D eigenvalue weighted by molar-refractivity contribution is 0.515. The number of thioether (sulfide) groups is 1. The molecule has 1 heterocycles. The van der Waals surface area contributed by atoms with Crippen LogP contribution in [0.25, 0.3) is 11.0 Å². The first-order chi connectivity index (χ1) is 8.06. The Labute approximate surface area is 104 Å². The minimum absolute atomic E-state index is 0.141. The van der Waals surface area contributed by atoms with E-state index in [0.717, 1.165) is 16.9 Å². The molecule has 0 radical (unpaired) electrons. The molecule has 92 valence electrons. The number of furan rings is 1. The zero-order valence-electron chi connectivity index (χ0n) is 9.94. The lowest BCUT2D eigenvalue weighted by Crippen LogP contribution is -2.13. The Morgan fingerprint density at radius 3 is 2.82 bits per heavy atom. The Morgan fingerprint density at radius 1 is 1.35 bits per heavy atom. The van der Waals surface area contributed by atoms with Crippen LogP contribution in [-0.2, 0) is 0 Å². The fourth-order valence-electron chi connectivity index (χ4n) is 1.60. The van der Waals surface area contributed by atoms with Crippen molar-refractivity contribution in [2.45, 2.75) is 25.1 Å². The molecule has 0 aliphatic heterocycles. The third kappa shape index (κ3) is 3.01. The molecule has 0 saturated heterocycles. The number of rotatable bonds is 4. The largest absolute Gasteiger partial charge is 0.459 e. The van der Waals surface area contributed by atoms with Gasteiger partial charge in [-0.15, -0.1) is 0 Å². The van der Waals surface area contributed by atoms with Gasteiger partial charge in [0.25, 0.3) is 0 Å². The number of hydrogen-bond acceptors (Lipinski definition) is 3. The van der Waals surface area contributed by atoms with Crippen molar-refractivity contribution in [3.63, 3.8) is 0 Å². The van der Waals surface area contributed by atoms with Crippen LogP contribution in [-0.4, -0.2) is 11.0 Å². The third-order valence-corrected chi connectivity index (χ3v) is 3.69. The molecule has 0 aliphatic carbocycles. The van der Waals surface area contributed by atoms with E-state index in [0.29, 0.717) is 10.8 Å². The molecule has 2 rings (SSSR count). The summed E-state index contributed by atoms with van der Waals surface area (Å²) in [5.41, 5.74) is 6.72. The molecule has 4 heteroatoms.